The minimum absolute atomic E-state index is 0.0665. The highest BCUT2D eigenvalue weighted by molar-refractivity contribution is 6.31. The molecule has 2 aromatic carbocycles. The largest absolute Gasteiger partial charge is 0.489 e. The van der Waals surface area contributed by atoms with Gasteiger partial charge in [-0.05, 0) is 23.1 Å². The molecule has 0 radical (unpaired) electrons. The normalized spacial score (nSPS) is 11.4. The van der Waals surface area contributed by atoms with Gasteiger partial charge < -0.3 is 4.74 Å². The fraction of sp³-hybridized carbons (Fsp3) is 0.294. The lowest BCUT2D eigenvalue weighted by Crippen LogP contribution is -2.13. The van der Waals surface area contributed by atoms with Crippen LogP contribution in [0.2, 0.25) is 5.02 Å². The molecule has 2 aromatic rings. The molecule has 0 aromatic heterocycles. The van der Waals surface area contributed by atoms with Crippen molar-refractivity contribution in [3.8, 4) is 5.75 Å². The summed E-state index contributed by atoms with van der Waals surface area (Å²) in [6.07, 6.45) is 0. The van der Waals surface area contributed by atoms with Gasteiger partial charge in [-0.25, -0.2) is 0 Å². The van der Waals surface area contributed by atoms with Crippen LogP contribution in [0.25, 0.3) is 0 Å². The fourth-order valence-corrected chi connectivity index (χ4v) is 2.17. The molecule has 0 saturated heterocycles. The van der Waals surface area contributed by atoms with E-state index in [9.17, 15) is 0 Å². The molecule has 0 atom stereocenters. The molecule has 100 valence electrons. The molecule has 0 saturated carbocycles. The molecule has 0 spiro atoms. The van der Waals surface area contributed by atoms with Gasteiger partial charge in [0.15, 0.2) is 0 Å². The molecule has 1 nitrogen and oxygen atoms in total. The fourth-order valence-electron chi connectivity index (χ4n) is 1.98. The number of rotatable bonds is 3. The van der Waals surface area contributed by atoms with E-state index in [0.29, 0.717) is 6.61 Å². The Hall–Kier alpha value is -1.47. The molecule has 0 aliphatic rings. The molecule has 0 heterocycles. The van der Waals surface area contributed by atoms with Crippen molar-refractivity contribution in [3.05, 3.63) is 64.7 Å². The third-order valence-electron chi connectivity index (χ3n) is 3.04. The molecular formula is C17H19ClO. The molecule has 0 N–H and O–H groups in total. The van der Waals surface area contributed by atoms with Gasteiger partial charge in [-0.3, -0.25) is 0 Å². The van der Waals surface area contributed by atoms with Gasteiger partial charge in [-0.2, -0.15) is 0 Å². The van der Waals surface area contributed by atoms with E-state index in [2.05, 4.69) is 26.8 Å². The predicted molar refractivity (Wildman–Crippen MR) is 80.9 cm³/mol. The molecule has 19 heavy (non-hydrogen) atoms. The average Bonchev–Trinajstić information content (AvgIpc) is 2.37. The second-order valence-electron chi connectivity index (χ2n) is 5.63. The Labute approximate surface area is 120 Å². The Morgan fingerprint density at radius 2 is 1.58 bits per heavy atom. The summed E-state index contributed by atoms with van der Waals surface area (Å²) >= 11 is 6.14. The first-order chi connectivity index (χ1) is 8.98. The van der Waals surface area contributed by atoms with Gasteiger partial charge in [-0.1, -0.05) is 68.8 Å². The molecule has 0 fully saturated rings. The molecular weight excluding hydrogens is 256 g/mol. The molecule has 2 heteroatoms. The van der Waals surface area contributed by atoms with Crippen molar-refractivity contribution in [3.63, 3.8) is 0 Å². The van der Waals surface area contributed by atoms with Crippen molar-refractivity contribution < 1.29 is 4.74 Å². The van der Waals surface area contributed by atoms with Crippen LogP contribution in [0.4, 0.5) is 0 Å². The van der Waals surface area contributed by atoms with E-state index in [0.717, 1.165) is 16.3 Å². The zero-order valence-electron chi connectivity index (χ0n) is 11.6. The van der Waals surface area contributed by atoms with Crippen molar-refractivity contribution in [2.45, 2.75) is 32.8 Å². The standard InChI is InChI=1S/C17H19ClO/c1-17(2,3)14-9-5-7-11-16(14)19-12-13-8-4-6-10-15(13)18/h4-11H,12H2,1-3H3. The first kappa shape index (κ1) is 14.0. The molecule has 2 rings (SSSR count). The zero-order chi connectivity index (χ0) is 13.9. The van der Waals surface area contributed by atoms with Crippen molar-refractivity contribution in [1.29, 1.82) is 0 Å². The minimum atomic E-state index is 0.0665. The van der Waals surface area contributed by atoms with Crippen LogP contribution in [0.5, 0.6) is 5.75 Å². The number of halogens is 1. The smallest absolute Gasteiger partial charge is 0.123 e. The molecule has 0 amide bonds. The lowest BCUT2D eigenvalue weighted by molar-refractivity contribution is 0.297. The summed E-state index contributed by atoms with van der Waals surface area (Å²) in [7, 11) is 0. The van der Waals surface area contributed by atoms with E-state index in [4.69, 9.17) is 16.3 Å². The maximum absolute atomic E-state index is 6.14. The SMILES string of the molecule is CC(C)(C)c1ccccc1OCc1ccccc1Cl. The van der Waals surface area contributed by atoms with Crippen molar-refractivity contribution in [2.75, 3.05) is 0 Å². The summed E-state index contributed by atoms with van der Waals surface area (Å²) in [5.74, 6) is 0.926. The highest BCUT2D eigenvalue weighted by atomic mass is 35.5. The average molecular weight is 275 g/mol. The van der Waals surface area contributed by atoms with Crippen molar-refractivity contribution >= 4 is 11.6 Å². The number of hydrogen-bond acceptors (Lipinski definition) is 1. The second kappa shape index (κ2) is 5.66. The van der Waals surface area contributed by atoms with E-state index in [1.165, 1.54) is 5.56 Å². The number of benzene rings is 2. The van der Waals surface area contributed by atoms with Crippen LogP contribution in [0, 0.1) is 0 Å². The predicted octanol–water partition coefficient (Wildman–Crippen LogP) is 5.22. The van der Waals surface area contributed by atoms with Gasteiger partial charge in [0.1, 0.15) is 12.4 Å². The molecule has 0 unspecified atom stereocenters. The van der Waals surface area contributed by atoms with Crippen LogP contribution in [-0.2, 0) is 12.0 Å². The minimum Gasteiger partial charge on any atom is -0.489 e. The Balaban J connectivity index is 2.19. The number of para-hydroxylation sites is 1. The van der Waals surface area contributed by atoms with Crippen LogP contribution in [0.15, 0.2) is 48.5 Å². The topological polar surface area (TPSA) is 9.23 Å². The van der Waals surface area contributed by atoms with Gasteiger partial charge in [-0.15, -0.1) is 0 Å². The van der Waals surface area contributed by atoms with Gasteiger partial charge in [0.2, 0.25) is 0 Å². The Morgan fingerprint density at radius 1 is 0.947 bits per heavy atom. The molecule has 0 aliphatic carbocycles. The summed E-state index contributed by atoms with van der Waals surface area (Å²) in [4.78, 5) is 0. The second-order valence-corrected chi connectivity index (χ2v) is 6.03. The quantitative estimate of drug-likeness (QED) is 0.746. The Morgan fingerprint density at radius 3 is 2.26 bits per heavy atom. The highest BCUT2D eigenvalue weighted by Crippen LogP contribution is 2.31. The monoisotopic (exact) mass is 274 g/mol. The van der Waals surface area contributed by atoms with E-state index in [1.54, 1.807) is 0 Å². The summed E-state index contributed by atoms with van der Waals surface area (Å²) in [6.45, 7) is 7.05. The summed E-state index contributed by atoms with van der Waals surface area (Å²) in [5.41, 5.74) is 2.28. The first-order valence-electron chi connectivity index (χ1n) is 6.44. The first-order valence-corrected chi connectivity index (χ1v) is 6.82. The van der Waals surface area contributed by atoms with Gasteiger partial charge >= 0.3 is 0 Å². The molecule has 0 bridgehead atoms. The third kappa shape index (κ3) is 3.51. The maximum Gasteiger partial charge on any atom is 0.123 e. The van der Waals surface area contributed by atoms with E-state index in [-0.39, 0.29) is 5.41 Å². The van der Waals surface area contributed by atoms with E-state index < -0.39 is 0 Å². The van der Waals surface area contributed by atoms with Crippen LogP contribution >= 0.6 is 11.6 Å². The van der Waals surface area contributed by atoms with E-state index in [1.807, 2.05) is 42.5 Å². The van der Waals surface area contributed by atoms with Crippen molar-refractivity contribution in [2.24, 2.45) is 0 Å². The van der Waals surface area contributed by atoms with E-state index >= 15 is 0 Å². The van der Waals surface area contributed by atoms with Crippen LogP contribution in [-0.4, -0.2) is 0 Å². The summed E-state index contributed by atoms with van der Waals surface area (Å²) in [6, 6.07) is 15.9. The third-order valence-corrected chi connectivity index (χ3v) is 3.40. The summed E-state index contributed by atoms with van der Waals surface area (Å²) in [5, 5.41) is 0.746. The van der Waals surface area contributed by atoms with Crippen LogP contribution in [0.3, 0.4) is 0 Å². The Bertz CT molecular complexity index is 555. The van der Waals surface area contributed by atoms with Gasteiger partial charge in [0.25, 0.3) is 0 Å². The van der Waals surface area contributed by atoms with Crippen molar-refractivity contribution in [1.82, 2.24) is 0 Å². The maximum atomic E-state index is 6.14. The van der Waals surface area contributed by atoms with Gasteiger partial charge in [0, 0.05) is 10.6 Å². The van der Waals surface area contributed by atoms with Crippen LogP contribution in [0.1, 0.15) is 31.9 Å². The van der Waals surface area contributed by atoms with Gasteiger partial charge in [0.05, 0.1) is 0 Å². The molecule has 0 aliphatic heterocycles. The summed E-state index contributed by atoms with van der Waals surface area (Å²) < 4.78 is 5.95. The highest BCUT2D eigenvalue weighted by Gasteiger charge is 2.18. The lowest BCUT2D eigenvalue weighted by atomic mass is 9.86. The number of ether oxygens (including phenoxy) is 1. The van der Waals surface area contributed by atoms with Crippen LogP contribution < -0.4 is 4.74 Å². The Kier molecular flexibility index (Phi) is 4.16. The number of hydrogen-bond donors (Lipinski definition) is 0. The zero-order valence-corrected chi connectivity index (χ0v) is 12.4. The lowest BCUT2D eigenvalue weighted by Gasteiger charge is -2.22.